The molecule has 0 radical (unpaired) electrons. The fourth-order valence-corrected chi connectivity index (χ4v) is 2.22. The van der Waals surface area contributed by atoms with Crippen molar-refractivity contribution in [2.75, 3.05) is 14.2 Å². The van der Waals surface area contributed by atoms with Crippen LogP contribution >= 0.6 is 11.6 Å². The molecule has 0 aliphatic heterocycles. The van der Waals surface area contributed by atoms with Crippen LogP contribution in [0.5, 0.6) is 11.5 Å². The largest absolute Gasteiger partial charge is 0.496 e. The monoisotopic (exact) mass is 290 g/mol. The molecule has 0 atom stereocenters. The molecule has 0 amide bonds. The minimum absolute atomic E-state index is 0.292. The molecule has 1 aromatic carbocycles. The normalized spacial score (nSPS) is 10.8. The van der Waals surface area contributed by atoms with Crippen molar-refractivity contribution in [2.24, 2.45) is 0 Å². The number of ether oxygens (including phenoxy) is 2. The lowest BCUT2D eigenvalue weighted by Crippen LogP contribution is -1.97. The number of halogens is 1. The zero-order valence-corrected chi connectivity index (χ0v) is 11.6. The predicted octanol–water partition coefficient (Wildman–Crippen LogP) is 2.46. The van der Waals surface area contributed by atoms with Crippen LogP contribution in [0.4, 0.5) is 0 Å². The van der Waals surface area contributed by atoms with Crippen molar-refractivity contribution in [1.82, 2.24) is 19.6 Å². The summed E-state index contributed by atoms with van der Waals surface area (Å²) in [5.41, 5.74) is 1.20. The fraction of sp³-hybridized carbons (Fsp3) is 0.154. The highest BCUT2D eigenvalue weighted by Gasteiger charge is 2.19. The number of hydrogen-bond donors (Lipinski definition) is 0. The van der Waals surface area contributed by atoms with E-state index in [2.05, 4.69) is 15.2 Å². The van der Waals surface area contributed by atoms with Crippen LogP contribution in [0.2, 0.25) is 5.15 Å². The van der Waals surface area contributed by atoms with Crippen molar-refractivity contribution in [3.8, 4) is 22.9 Å². The Hall–Kier alpha value is -2.34. The highest BCUT2D eigenvalue weighted by atomic mass is 35.5. The number of aromatic nitrogens is 4. The van der Waals surface area contributed by atoms with Crippen LogP contribution < -0.4 is 9.47 Å². The molecule has 0 aliphatic carbocycles. The first-order valence-electron chi connectivity index (χ1n) is 5.83. The second-order valence-electron chi connectivity index (χ2n) is 3.97. The Bertz CT molecular complexity index is 750. The van der Waals surface area contributed by atoms with Crippen molar-refractivity contribution in [2.45, 2.75) is 0 Å². The number of fused-ring (bicyclic) bond motifs is 1. The number of rotatable bonds is 3. The zero-order chi connectivity index (χ0) is 14.1. The van der Waals surface area contributed by atoms with E-state index in [1.165, 1.54) is 0 Å². The summed E-state index contributed by atoms with van der Waals surface area (Å²) in [6, 6.07) is 5.52. The Kier molecular flexibility index (Phi) is 3.15. The predicted molar refractivity (Wildman–Crippen MR) is 74.3 cm³/mol. The minimum Gasteiger partial charge on any atom is -0.496 e. The average molecular weight is 291 g/mol. The second kappa shape index (κ2) is 4.97. The maximum absolute atomic E-state index is 6.01. The molecule has 7 heteroatoms. The first-order chi connectivity index (χ1) is 9.76. The average Bonchev–Trinajstić information content (AvgIpc) is 2.91. The lowest BCUT2D eigenvalue weighted by atomic mass is 10.1. The van der Waals surface area contributed by atoms with Crippen LogP contribution in [-0.4, -0.2) is 33.8 Å². The maximum Gasteiger partial charge on any atom is 0.198 e. The lowest BCUT2D eigenvalue weighted by Gasteiger charge is -2.11. The summed E-state index contributed by atoms with van der Waals surface area (Å²) in [4.78, 5) is 3.98. The standard InChI is InChI=1S/C13H11ClN4O2/c1-19-8-4-3-5-9(20-2)10(8)12-16-17-13-11(14)15-6-7-18(12)13/h3-7H,1-2H3. The smallest absolute Gasteiger partial charge is 0.198 e. The van der Waals surface area contributed by atoms with Crippen molar-refractivity contribution in [1.29, 1.82) is 0 Å². The highest BCUT2D eigenvalue weighted by molar-refractivity contribution is 6.32. The van der Waals surface area contributed by atoms with Gasteiger partial charge in [0.1, 0.15) is 17.1 Å². The number of nitrogens with zero attached hydrogens (tertiary/aromatic N) is 4. The second-order valence-corrected chi connectivity index (χ2v) is 4.33. The van der Waals surface area contributed by atoms with Gasteiger partial charge in [0.2, 0.25) is 0 Å². The topological polar surface area (TPSA) is 61.5 Å². The summed E-state index contributed by atoms with van der Waals surface area (Å²) in [5.74, 6) is 1.87. The Labute approximate surface area is 119 Å². The van der Waals surface area contributed by atoms with Gasteiger partial charge in [-0.1, -0.05) is 17.7 Å². The summed E-state index contributed by atoms with van der Waals surface area (Å²) in [7, 11) is 3.19. The third-order valence-electron chi connectivity index (χ3n) is 2.94. The van der Waals surface area contributed by atoms with Crippen molar-refractivity contribution >= 4 is 17.2 Å². The molecule has 0 spiro atoms. The summed E-state index contributed by atoms with van der Waals surface area (Å²) >= 11 is 6.01. The zero-order valence-electron chi connectivity index (χ0n) is 10.9. The van der Waals surface area contributed by atoms with E-state index in [4.69, 9.17) is 21.1 Å². The van der Waals surface area contributed by atoms with E-state index in [1.807, 2.05) is 18.2 Å². The molecule has 102 valence electrons. The van der Waals surface area contributed by atoms with Gasteiger partial charge in [0, 0.05) is 12.4 Å². The highest BCUT2D eigenvalue weighted by Crippen LogP contribution is 2.37. The molecule has 2 heterocycles. The Morgan fingerprint density at radius 1 is 1.10 bits per heavy atom. The lowest BCUT2D eigenvalue weighted by molar-refractivity contribution is 0.396. The molecular formula is C13H11ClN4O2. The van der Waals surface area contributed by atoms with Gasteiger partial charge in [0.15, 0.2) is 16.6 Å². The molecule has 6 nitrogen and oxygen atoms in total. The molecule has 3 aromatic rings. The molecule has 0 bridgehead atoms. The van der Waals surface area contributed by atoms with Crippen LogP contribution in [0.1, 0.15) is 0 Å². The summed E-state index contributed by atoms with van der Waals surface area (Å²) < 4.78 is 12.5. The minimum atomic E-state index is 0.292. The van der Waals surface area contributed by atoms with Gasteiger partial charge in [-0.15, -0.1) is 10.2 Å². The fourth-order valence-electron chi connectivity index (χ4n) is 2.04. The molecular weight excluding hydrogens is 280 g/mol. The summed E-state index contributed by atoms with van der Waals surface area (Å²) in [6.07, 6.45) is 3.33. The van der Waals surface area contributed by atoms with E-state index >= 15 is 0 Å². The van der Waals surface area contributed by atoms with E-state index in [0.29, 0.717) is 33.7 Å². The van der Waals surface area contributed by atoms with E-state index in [1.54, 1.807) is 31.0 Å². The quantitative estimate of drug-likeness (QED) is 0.741. The molecule has 0 N–H and O–H groups in total. The molecule has 0 fully saturated rings. The molecule has 0 saturated heterocycles. The van der Waals surface area contributed by atoms with Gasteiger partial charge in [-0.05, 0) is 12.1 Å². The van der Waals surface area contributed by atoms with Gasteiger partial charge in [0.05, 0.1) is 14.2 Å². The number of methoxy groups -OCH3 is 2. The molecule has 20 heavy (non-hydrogen) atoms. The number of benzene rings is 1. The Morgan fingerprint density at radius 2 is 1.80 bits per heavy atom. The van der Waals surface area contributed by atoms with Gasteiger partial charge in [-0.2, -0.15) is 0 Å². The summed E-state index contributed by atoms with van der Waals surface area (Å²) in [5, 5.41) is 8.52. The van der Waals surface area contributed by atoms with Crippen LogP contribution in [0.15, 0.2) is 30.6 Å². The van der Waals surface area contributed by atoms with Gasteiger partial charge in [-0.25, -0.2) is 4.98 Å². The van der Waals surface area contributed by atoms with Gasteiger partial charge >= 0.3 is 0 Å². The maximum atomic E-state index is 6.01. The van der Waals surface area contributed by atoms with Crippen molar-refractivity contribution in [3.05, 3.63) is 35.7 Å². The summed E-state index contributed by atoms with van der Waals surface area (Å²) in [6.45, 7) is 0. The van der Waals surface area contributed by atoms with E-state index in [9.17, 15) is 0 Å². The molecule has 2 aromatic heterocycles. The SMILES string of the molecule is COc1cccc(OC)c1-c1nnc2c(Cl)nccn12. The van der Waals surface area contributed by atoms with Gasteiger partial charge < -0.3 is 9.47 Å². The first kappa shape index (κ1) is 12.7. The third-order valence-corrected chi connectivity index (χ3v) is 3.20. The first-order valence-corrected chi connectivity index (χ1v) is 6.20. The molecule has 3 rings (SSSR count). The Balaban J connectivity index is 2.34. The Morgan fingerprint density at radius 3 is 2.45 bits per heavy atom. The molecule has 0 aliphatic rings. The number of hydrogen-bond acceptors (Lipinski definition) is 5. The van der Waals surface area contributed by atoms with E-state index in [0.717, 1.165) is 0 Å². The van der Waals surface area contributed by atoms with Crippen LogP contribution in [0, 0.1) is 0 Å². The van der Waals surface area contributed by atoms with Crippen LogP contribution in [-0.2, 0) is 0 Å². The van der Waals surface area contributed by atoms with Crippen molar-refractivity contribution in [3.63, 3.8) is 0 Å². The molecule has 0 unspecified atom stereocenters. The van der Waals surface area contributed by atoms with Gasteiger partial charge in [-0.3, -0.25) is 4.40 Å². The van der Waals surface area contributed by atoms with Crippen molar-refractivity contribution < 1.29 is 9.47 Å². The van der Waals surface area contributed by atoms with E-state index in [-0.39, 0.29) is 0 Å². The van der Waals surface area contributed by atoms with Gasteiger partial charge in [0.25, 0.3) is 0 Å². The van der Waals surface area contributed by atoms with E-state index < -0.39 is 0 Å². The van der Waals surface area contributed by atoms with Crippen LogP contribution in [0.25, 0.3) is 17.0 Å². The van der Waals surface area contributed by atoms with Crippen LogP contribution in [0.3, 0.4) is 0 Å². The molecule has 0 saturated carbocycles. The third kappa shape index (κ3) is 1.85.